The second-order valence-electron chi connectivity index (χ2n) is 3.22. The molecule has 6 nitrogen and oxygen atoms in total. The number of nitrogens with two attached hydrogens (primary N) is 1. The van der Waals surface area contributed by atoms with E-state index in [0.717, 1.165) is 11.5 Å². The van der Waals surface area contributed by atoms with Crippen molar-refractivity contribution in [2.24, 2.45) is 5.73 Å². The third kappa shape index (κ3) is 1.89. The molecule has 0 saturated heterocycles. The summed E-state index contributed by atoms with van der Waals surface area (Å²) in [5.41, 5.74) is 6.20. The minimum atomic E-state index is 0.301. The predicted octanol–water partition coefficient (Wildman–Crippen LogP) is 0.843. The van der Waals surface area contributed by atoms with Crippen molar-refractivity contribution in [1.82, 2.24) is 15.1 Å². The summed E-state index contributed by atoms with van der Waals surface area (Å²) in [5, 5.41) is 3.76. The summed E-state index contributed by atoms with van der Waals surface area (Å²) < 4.78 is 10.4. The third-order valence-corrected chi connectivity index (χ3v) is 2.05. The van der Waals surface area contributed by atoms with Crippen molar-refractivity contribution in [2.75, 3.05) is 6.54 Å². The van der Waals surface area contributed by atoms with Crippen molar-refractivity contribution in [3.63, 3.8) is 0 Å². The van der Waals surface area contributed by atoms with Crippen molar-refractivity contribution in [3.05, 3.63) is 17.3 Å². The molecule has 80 valence electrons. The van der Waals surface area contributed by atoms with Gasteiger partial charge in [-0.15, -0.1) is 0 Å². The van der Waals surface area contributed by atoms with Crippen LogP contribution < -0.4 is 5.73 Å². The van der Waals surface area contributed by atoms with Gasteiger partial charge in [0.25, 0.3) is 5.89 Å². The summed E-state index contributed by atoms with van der Waals surface area (Å²) in [4.78, 5) is 8.27. The average molecular weight is 208 g/mol. The molecule has 15 heavy (non-hydrogen) atoms. The third-order valence-electron chi connectivity index (χ3n) is 2.05. The van der Waals surface area contributed by atoms with Crippen LogP contribution in [0.2, 0.25) is 0 Å². The molecule has 0 atom stereocenters. The highest BCUT2D eigenvalue weighted by atomic mass is 16.5. The molecule has 6 heteroatoms. The smallest absolute Gasteiger partial charge is 0.313 e. The van der Waals surface area contributed by atoms with E-state index >= 15 is 0 Å². The lowest BCUT2D eigenvalue weighted by Crippen LogP contribution is -2.03. The van der Waals surface area contributed by atoms with E-state index in [9.17, 15) is 0 Å². The lowest BCUT2D eigenvalue weighted by atomic mass is 10.4. The van der Waals surface area contributed by atoms with E-state index < -0.39 is 0 Å². The molecule has 0 fully saturated rings. The molecule has 0 bridgehead atoms. The first-order valence-electron chi connectivity index (χ1n) is 4.67. The van der Waals surface area contributed by atoms with Crippen LogP contribution in [0, 0.1) is 13.8 Å². The molecular formula is C9H12N4O2. The van der Waals surface area contributed by atoms with E-state index in [1.165, 1.54) is 0 Å². The topological polar surface area (TPSA) is 91.0 Å². The average Bonchev–Trinajstić information content (AvgIpc) is 2.76. The largest absolute Gasteiger partial charge is 0.438 e. The maximum Gasteiger partial charge on any atom is 0.313 e. The molecule has 2 aromatic heterocycles. The molecule has 2 rings (SSSR count). The number of rotatable bonds is 3. The summed E-state index contributed by atoms with van der Waals surface area (Å²) in [7, 11) is 0. The summed E-state index contributed by atoms with van der Waals surface area (Å²) in [6, 6.07) is 0. The van der Waals surface area contributed by atoms with Gasteiger partial charge in [0.05, 0.1) is 5.69 Å². The number of nitrogens with zero attached hydrogens (tertiary/aromatic N) is 3. The first kappa shape index (κ1) is 9.85. The molecule has 0 radical (unpaired) electrons. The lowest BCUT2D eigenvalue weighted by Gasteiger charge is -1.84. The molecule has 2 N–H and O–H groups in total. The Morgan fingerprint density at radius 2 is 2.00 bits per heavy atom. The van der Waals surface area contributed by atoms with Crippen molar-refractivity contribution < 1.29 is 8.94 Å². The first-order chi connectivity index (χ1) is 7.20. The Hall–Kier alpha value is -1.69. The summed E-state index contributed by atoms with van der Waals surface area (Å²) in [6.07, 6.45) is 0.585. The van der Waals surface area contributed by atoms with E-state index in [-0.39, 0.29) is 0 Å². The normalized spacial score (nSPS) is 10.9. The van der Waals surface area contributed by atoms with Gasteiger partial charge in [0.1, 0.15) is 5.76 Å². The maximum absolute atomic E-state index is 5.38. The first-order valence-corrected chi connectivity index (χ1v) is 4.67. The number of hydrogen-bond donors (Lipinski definition) is 1. The van der Waals surface area contributed by atoms with Crippen LogP contribution in [0.15, 0.2) is 8.94 Å². The van der Waals surface area contributed by atoms with Crippen LogP contribution in [0.1, 0.15) is 17.3 Å². The van der Waals surface area contributed by atoms with Gasteiger partial charge in [-0.25, -0.2) is 4.98 Å². The van der Waals surface area contributed by atoms with Crippen LogP contribution >= 0.6 is 0 Å². The fourth-order valence-corrected chi connectivity index (χ4v) is 1.14. The molecule has 2 aromatic rings. The molecule has 0 spiro atoms. The standard InChI is InChI=1S/C9H12N4O2/c1-5-6(2)14-8(11-5)9-12-7(3-4-10)13-15-9/h3-4,10H2,1-2H3. The van der Waals surface area contributed by atoms with E-state index in [2.05, 4.69) is 15.1 Å². The summed E-state index contributed by atoms with van der Waals surface area (Å²) in [5.74, 6) is 1.99. The number of oxazole rings is 1. The van der Waals surface area contributed by atoms with Gasteiger partial charge in [-0.1, -0.05) is 5.16 Å². The molecule has 0 amide bonds. The number of aryl methyl sites for hydroxylation is 2. The number of hydrogen-bond acceptors (Lipinski definition) is 6. The van der Waals surface area contributed by atoms with Crippen molar-refractivity contribution in [1.29, 1.82) is 0 Å². The van der Waals surface area contributed by atoms with Crippen LogP contribution in [0.3, 0.4) is 0 Å². The van der Waals surface area contributed by atoms with Crippen molar-refractivity contribution in [3.8, 4) is 11.8 Å². The zero-order chi connectivity index (χ0) is 10.8. The van der Waals surface area contributed by atoms with E-state index in [0.29, 0.717) is 30.6 Å². The van der Waals surface area contributed by atoms with Gasteiger partial charge in [-0.2, -0.15) is 4.98 Å². The minimum Gasteiger partial charge on any atom is -0.438 e. The highest BCUT2D eigenvalue weighted by Crippen LogP contribution is 2.19. The second kappa shape index (κ2) is 3.82. The zero-order valence-corrected chi connectivity index (χ0v) is 8.65. The Morgan fingerprint density at radius 1 is 1.20 bits per heavy atom. The second-order valence-corrected chi connectivity index (χ2v) is 3.22. The van der Waals surface area contributed by atoms with Crippen LogP contribution in [-0.2, 0) is 6.42 Å². The van der Waals surface area contributed by atoms with Crippen LogP contribution in [0.25, 0.3) is 11.8 Å². The fraction of sp³-hybridized carbons (Fsp3) is 0.444. The van der Waals surface area contributed by atoms with Gasteiger partial charge in [0, 0.05) is 6.42 Å². The molecule has 0 saturated carbocycles. The predicted molar refractivity (Wildman–Crippen MR) is 52.0 cm³/mol. The van der Waals surface area contributed by atoms with Gasteiger partial charge in [0.15, 0.2) is 5.82 Å². The zero-order valence-electron chi connectivity index (χ0n) is 8.65. The highest BCUT2D eigenvalue weighted by Gasteiger charge is 2.15. The Bertz CT molecular complexity index is 441. The highest BCUT2D eigenvalue weighted by molar-refractivity contribution is 5.38. The van der Waals surface area contributed by atoms with Crippen LogP contribution in [0.5, 0.6) is 0 Å². The van der Waals surface area contributed by atoms with E-state index in [1.807, 2.05) is 13.8 Å². The Kier molecular flexibility index (Phi) is 2.51. The summed E-state index contributed by atoms with van der Waals surface area (Å²) in [6.45, 7) is 4.19. The molecular weight excluding hydrogens is 196 g/mol. The van der Waals surface area contributed by atoms with Gasteiger partial charge >= 0.3 is 5.89 Å². The van der Waals surface area contributed by atoms with Gasteiger partial charge in [0.2, 0.25) is 0 Å². The van der Waals surface area contributed by atoms with Gasteiger partial charge < -0.3 is 14.7 Å². The molecule has 0 aromatic carbocycles. The van der Waals surface area contributed by atoms with E-state index in [1.54, 1.807) is 0 Å². The Balaban J connectivity index is 2.28. The van der Waals surface area contributed by atoms with Crippen LogP contribution in [0.4, 0.5) is 0 Å². The Labute approximate surface area is 86.5 Å². The molecule has 0 aliphatic carbocycles. The van der Waals surface area contributed by atoms with Crippen molar-refractivity contribution >= 4 is 0 Å². The lowest BCUT2D eigenvalue weighted by molar-refractivity contribution is 0.404. The number of aromatic nitrogens is 3. The quantitative estimate of drug-likeness (QED) is 0.803. The molecule has 0 aliphatic heterocycles. The van der Waals surface area contributed by atoms with Gasteiger partial charge in [-0.3, -0.25) is 0 Å². The monoisotopic (exact) mass is 208 g/mol. The minimum absolute atomic E-state index is 0.301. The SMILES string of the molecule is Cc1nc(-c2nc(CCN)no2)oc1C. The van der Waals surface area contributed by atoms with E-state index in [4.69, 9.17) is 14.7 Å². The fourth-order valence-electron chi connectivity index (χ4n) is 1.14. The Morgan fingerprint density at radius 3 is 2.60 bits per heavy atom. The molecule has 2 heterocycles. The maximum atomic E-state index is 5.38. The summed E-state index contributed by atoms with van der Waals surface area (Å²) >= 11 is 0. The van der Waals surface area contributed by atoms with Crippen molar-refractivity contribution in [2.45, 2.75) is 20.3 Å². The van der Waals surface area contributed by atoms with Crippen LogP contribution in [-0.4, -0.2) is 21.7 Å². The molecule has 0 unspecified atom stereocenters. The van der Waals surface area contributed by atoms with Gasteiger partial charge in [-0.05, 0) is 20.4 Å². The molecule has 0 aliphatic rings.